The van der Waals surface area contributed by atoms with E-state index in [0.29, 0.717) is 17.1 Å². The van der Waals surface area contributed by atoms with E-state index in [4.69, 9.17) is 10.3 Å². The van der Waals surface area contributed by atoms with E-state index in [1.165, 1.54) is 18.2 Å². The molecule has 0 bridgehead atoms. The van der Waals surface area contributed by atoms with Crippen molar-refractivity contribution < 1.29 is 25.6 Å². The van der Waals surface area contributed by atoms with Crippen LogP contribution < -0.4 is 5.73 Å². The highest BCUT2D eigenvalue weighted by molar-refractivity contribution is 7.91. The summed E-state index contributed by atoms with van der Waals surface area (Å²) in [6, 6.07) is 9.29. The number of rotatable bonds is 7. The van der Waals surface area contributed by atoms with Crippen LogP contribution in [-0.4, -0.2) is 33.7 Å². The largest absolute Gasteiger partial charge is 0.399 e. The Kier molecular flexibility index (Phi) is 6.31. The lowest BCUT2D eigenvalue weighted by Gasteiger charge is -2.06. The third kappa shape index (κ3) is 6.10. The second kappa shape index (κ2) is 8.13. The molecule has 11 heteroatoms. The van der Waals surface area contributed by atoms with Gasteiger partial charge in [0.15, 0.2) is 9.84 Å². The van der Waals surface area contributed by atoms with Gasteiger partial charge in [-0.25, -0.2) is 12.6 Å². The Morgan fingerprint density at radius 3 is 2.41 bits per heavy atom. The van der Waals surface area contributed by atoms with Crippen LogP contribution in [0.5, 0.6) is 0 Å². The summed E-state index contributed by atoms with van der Waals surface area (Å²) in [6.07, 6.45) is 0. The molecule has 9 nitrogen and oxygen atoms in total. The number of aryl methyl sites for hydroxylation is 2. The first-order valence-corrected chi connectivity index (χ1v) is 10.7. The van der Waals surface area contributed by atoms with Crippen molar-refractivity contribution in [3.63, 3.8) is 0 Å². The number of azo groups is 1. The summed E-state index contributed by atoms with van der Waals surface area (Å²) >= 11 is 0. The normalized spacial score (nSPS) is 12.6. The van der Waals surface area contributed by atoms with Crippen molar-refractivity contribution in [3.8, 4) is 0 Å². The van der Waals surface area contributed by atoms with Crippen LogP contribution in [-0.2, 0) is 24.4 Å². The van der Waals surface area contributed by atoms with Crippen LogP contribution in [0.15, 0.2) is 51.5 Å². The van der Waals surface area contributed by atoms with Gasteiger partial charge in [-0.3, -0.25) is 4.55 Å². The van der Waals surface area contributed by atoms with Gasteiger partial charge in [0.2, 0.25) is 0 Å². The molecule has 0 aromatic heterocycles. The minimum atomic E-state index is -4.69. The zero-order valence-corrected chi connectivity index (χ0v) is 16.3. The predicted octanol–water partition coefficient (Wildman–Crippen LogP) is 2.89. The molecular weight excluding hydrogens is 394 g/mol. The maximum absolute atomic E-state index is 12.2. The Morgan fingerprint density at radius 1 is 1.04 bits per heavy atom. The summed E-state index contributed by atoms with van der Waals surface area (Å²) in [7, 11) is -8.52. The number of sulfone groups is 1. The first kappa shape index (κ1) is 21.0. The zero-order valence-electron chi connectivity index (χ0n) is 14.7. The Hall–Kier alpha value is -2.34. The Morgan fingerprint density at radius 2 is 1.74 bits per heavy atom. The standard InChI is InChI=1S/C16H19N3O6S2/c1-11-9-16(12(2)8-15(11)17)19-18-13-4-3-5-14(10-13)26(20,21)7-6-25-27(22,23)24/h3-5,8-10H,6-7,17H2,1-2H3,(H,22,23,24). The second-order valence-corrected chi connectivity index (χ2v) is 8.96. The fourth-order valence-electron chi connectivity index (χ4n) is 2.15. The van der Waals surface area contributed by atoms with Gasteiger partial charge in [0.1, 0.15) is 0 Å². The molecule has 0 spiro atoms. The highest BCUT2D eigenvalue weighted by Crippen LogP contribution is 2.27. The molecular formula is C16H19N3O6S2. The van der Waals surface area contributed by atoms with Crippen LogP contribution in [0.4, 0.5) is 17.1 Å². The Balaban J connectivity index is 2.21. The molecule has 0 atom stereocenters. The number of nitrogens with zero attached hydrogens (tertiary/aromatic N) is 2. The van der Waals surface area contributed by atoms with E-state index >= 15 is 0 Å². The summed E-state index contributed by atoms with van der Waals surface area (Å²) in [5.41, 5.74) is 9.07. The lowest BCUT2D eigenvalue weighted by atomic mass is 10.1. The predicted molar refractivity (Wildman–Crippen MR) is 100 cm³/mol. The molecule has 146 valence electrons. The van der Waals surface area contributed by atoms with E-state index in [1.54, 1.807) is 18.2 Å². The molecule has 2 aromatic rings. The van der Waals surface area contributed by atoms with Gasteiger partial charge in [-0.2, -0.15) is 18.6 Å². The minimum Gasteiger partial charge on any atom is -0.399 e. The number of nitrogen functional groups attached to an aromatic ring is 1. The van der Waals surface area contributed by atoms with Crippen molar-refractivity contribution in [2.75, 3.05) is 18.1 Å². The summed E-state index contributed by atoms with van der Waals surface area (Å²) in [6.45, 7) is 2.98. The van der Waals surface area contributed by atoms with Crippen LogP contribution in [0.2, 0.25) is 0 Å². The van der Waals surface area contributed by atoms with Crippen molar-refractivity contribution in [3.05, 3.63) is 47.5 Å². The van der Waals surface area contributed by atoms with Gasteiger partial charge in [-0.1, -0.05) is 6.07 Å². The number of anilines is 1. The van der Waals surface area contributed by atoms with Gasteiger partial charge in [-0.15, -0.1) is 0 Å². The number of nitrogens with two attached hydrogens (primary N) is 1. The molecule has 0 radical (unpaired) electrons. The molecule has 2 rings (SSSR count). The molecule has 27 heavy (non-hydrogen) atoms. The van der Waals surface area contributed by atoms with Gasteiger partial charge in [-0.05, 0) is 55.3 Å². The quantitative estimate of drug-likeness (QED) is 0.402. The maximum Gasteiger partial charge on any atom is 0.397 e. The van der Waals surface area contributed by atoms with E-state index in [1.807, 2.05) is 13.8 Å². The van der Waals surface area contributed by atoms with E-state index < -0.39 is 32.6 Å². The topological polar surface area (TPSA) is 148 Å². The fourth-order valence-corrected chi connectivity index (χ4v) is 3.67. The summed E-state index contributed by atoms with van der Waals surface area (Å²) in [5.74, 6) is -0.621. The zero-order chi connectivity index (χ0) is 20.2. The molecule has 0 saturated carbocycles. The highest BCUT2D eigenvalue weighted by atomic mass is 32.3. The van der Waals surface area contributed by atoms with Crippen molar-refractivity contribution in [2.24, 2.45) is 10.2 Å². The number of benzene rings is 2. The van der Waals surface area contributed by atoms with Crippen LogP contribution >= 0.6 is 0 Å². The van der Waals surface area contributed by atoms with Crippen LogP contribution in [0, 0.1) is 13.8 Å². The van der Waals surface area contributed by atoms with E-state index in [0.717, 1.165) is 11.1 Å². The summed E-state index contributed by atoms with van der Waals surface area (Å²) < 4.78 is 58.0. The van der Waals surface area contributed by atoms with Crippen LogP contribution in [0.25, 0.3) is 0 Å². The van der Waals surface area contributed by atoms with Gasteiger partial charge in [0, 0.05) is 5.69 Å². The third-order valence-corrected chi connectivity index (χ3v) is 5.76. The third-order valence-electron chi connectivity index (χ3n) is 3.62. The number of hydrogen-bond donors (Lipinski definition) is 2. The Bertz CT molecular complexity index is 1080. The first-order chi connectivity index (χ1) is 12.5. The molecule has 0 aliphatic heterocycles. The lowest BCUT2D eigenvalue weighted by molar-refractivity contribution is 0.284. The summed E-state index contributed by atoms with van der Waals surface area (Å²) in [5, 5.41) is 8.19. The second-order valence-electron chi connectivity index (χ2n) is 5.76. The first-order valence-electron chi connectivity index (χ1n) is 7.71. The fraction of sp³-hybridized carbons (Fsp3) is 0.250. The molecule has 0 aliphatic carbocycles. The van der Waals surface area contributed by atoms with Crippen molar-refractivity contribution in [2.45, 2.75) is 18.7 Å². The van der Waals surface area contributed by atoms with Crippen molar-refractivity contribution in [1.29, 1.82) is 0 Å². The van der Waals surface area contributed by atoms with Crippen LogP contribution in [0.1, 0.15) is 11.1 Å². The van der Waals surface area contributed by atoms with Crippen molar-refractivity contribution in [1.82, 2.24) is 0 Å². The molecule has 3 N–H and O–H groups in total. The van der Waals surface area contributed by atoms with E-state index in [-0.39, 0.29) is 4.90 Å². The van der Waals surface area contributed by atoms with E-state index in [2.05, 4.69) is 14.4 Å². The average Bonchev–Trinajstić information content (AvgIpc) is 2.56. The molecule has 0 heterocycles. The lowest BCUT2D eigenvalue weighted by Crippen LogP contribution is -2.15. The summed E-state index contributed by atoms with van der Waals surface area (Å²) in [4.78, 5) is -0.0666. The Labute approximate surface area is 157 Å². The van der Waals surface area contributed by atoms with E-state index in [9.17, 15) is 16.8 Å². The molecule has 0 amide bonds. The van der Waals surface area contributed by atoms with Gasteiger partial charge < -0.3 is 5.73 Å². The molecule has 2 aromatic carbocycles. The van der Waals surface area contributed by atoms with Crippen molar-refractivity contribution >= 4 is 37.3 Å². The van der Waals surface area contributed by atoms with Gasteiger partial charge in [0.25, 0.3) is 0 Å². The minimum absolute atomic E-state index is 0.0666. The maximum atomic E-state index is 12.2. The van der Waals surface area contributed by atoms with Gasteiger partial charge >= 0.3 is 10.4 Å². The van der Waals surface area contributed by atoms with Gasteiger partial charge in [0.05, 0.1) is 28.6 Å². The smallest absolute Gasteiger partial charge is 0.397 e. The average molecular weight is 413 g/mol. The van der Waals surface area contributed by atoms with Crippen LogP contribution in [0.3, 0.4) is 0 Å². The monoisotopic (exact) mass is 413 g/mol. The highest BCUT2D eigenvalue weighted by Gasteiger charge is 2.17. The molecule has 0 fully saturated rings. The SMILES string of the molecule is Cc1cc(N=Nc2cccc(S(=O)(=O)CCOS(=O)(=O)O)c2)c(C)cc1N. The molecule has 0 unspecified atom stereocenters. The molecule has 0 saturated heterocycles. The molecule has 0 aliphatic rings. The number of hydrogen-bond acceptors (Lipinski definition) is 8.